The third kappa shape index (κ3) is 5.19. The molecule has 0 heterocycles. The van der Waals surface area contributed by atoms with Crippen molar-refractivity contribution in [2.75, 3.05) is 13.7 Å². The summed E-state index contributed by atoms with van der Waals surface area (Å²) >= 11 is 0. The van der Waals surface area contributed by atoms with Crippen LogP contribution < -0.4 is 5.32 Å². The van der Waals surface area contributed by atoms with Gasteiger partial charge in [0.15, 0.2) is 0 Å². The first-order chi connectivity index (χ1) is 13.9. The molecule has 2 atom stereocenters. The number of nitrogens with one attached hydrogen (secondary N) is 1. The van der Waals surface area contributed by atoms with Crippen molar-refractivity contribution in [3.8, 4) is 11.8 Å². The van der Waals surface area contributed by atoms with Gasteiger partial charge in [-0.2, -0.15) is 0 Å². The number of aliphatic carboxylic acids is 1. The van der Waals surface area contributed by atoms with Gasteiger partial charge in [0.1, 0.15) is 5.54 Å². The second-order valence-corrected chi connectivity index (χ2v) is 8.50. The predicted octanol–water partition coefficient (Wildman–Crippen LogP) is 3.25. The number of carboxylic acid groups (broad SMARTS) is 1. The van der Waals surface area contributed by atoms with Crippen LogP contribution in [0.2, 0.25) is 0 Å². The summed E-state index contributed by atoms with van der Waals surface area (Å²) in [4.78, 5) is 24.8. The number of aryl methyl sites for hydroxylation is 2. The summed E-state index contributed by atoms with van der Waals surface area (Å²) in [6.07, 6.45) is 4.99. The van der Waals surface area contributed by atoms with Gasteiger partial charge in [-0.1, -0.05) is 18.8 Å². The molecule has 0 aromatic heterocycles. The second-order valence-electron chi connectivity index (χ2n) is 8.50. The monoisotopic (exact) mass is 397 g/mol. The molecule has 29 heavy (non-hydrogen) atoms. The van der Waals surface area contributed by atoms with Crippen molar-refractivity contribution in [3.05, 3.63) is 34.4 Å². The average Bonchev–Trinajstić information content (AvgIpc) is 3.42. The van der Waals surface area contributed by atoms with Crippen molar-refractivity contribution in [1.29, 1.82) is 0 Å². The zero-order valence-electron chi connectivity index (χ0n) is 17.6. The van der Waals surface area contributed by atoms with E-state index in [4.69, 9.17) is 4.74 Å². The average molecular weight is 398 g/mol. The third-order valence-electron chi connectivity index (χ3n) is 6.09. The lowest BCUT2D eigenvalue weighted by molar-refractivity contribution is -0.147. The Morgan fingerprint density at radius 3 is 2.69 bits per heavy atom. The van der Waals surface area contributed by atoms with Crippen molar-refractivity contribution in [1.82, 2.24) is 5.32 Å². The quantitative estimate of drug-likeness (QED) is 0.693. The lowest BCUT2D eigenvalue weighted by Gasteiger charge is -2.26. The van der Waals surface area contributed by atoms with E-state index in [0.29, 0.717) is 25.4 Å². The summed E-state index contributed by atoms with van der Waals surface area (Å²) in [6, 6.07) is 4.11. The zero-order valence-corrected chi connectivity index (χ0v) is 17.6. The number of benzene rings is 1. The molecule has 2 saturated carbocycles. The first kappa shape index (κ1) is 21.4. The van der Waals surface area contributed by atoms with E-state index in [0.717, 1.165) is 35.1 Å². The van der Waals surface area contributed by atoms with Crippen LogP contribution in [0.3, 0.4) is 0 Å². The van der Waals surface area contributed by atoms with Crippen LogP contribution in [0.1, 0.15) is 61.3 Å². The molecule has 5 heteroatoms. The lowest BCUT2D eigenvalue weighted by atomic mass is 9.92. The first-order valence-electron chi connectivity index (χ1n) is 10.5. The third-order valence-corrected chi connectivity index (χ3v) is 6.09. The van der Waals surface area contributed by atoms with E-state index in [9.17, 15) is 14.7 Å². The minimum Gasteiger partial charge on any atom is -0.480 e. The van der Waals surface area contributed by atoms with Gasteiger partial charge >= 0.3 is 5.97 Å². The molecule has 0 radical (unpaired) electrons. The fraction of sp³-hybridized carbons (Fsp3) is 0.583. The molecule has 2 aliphatic rings. The molecule has 0 saturated heterocycles. The Morgan fingerprint density at radius 2 is 2.07 bits per heavy atom. The van der Waals surface area contributed by atoms with Crippen LogP contribution in [0, 0.1) is 30.6 Å². The maximum Gasteiger partial charge on any atom is 0.329 e. The standard InChI is InChI=1S/C24H31NO4/c1-4-20-12-18(8-7-17-5-6-17)11-16(2)21(20)13-22(26)25-24(23(27)28)10-9-19(14-24)15-29-3/h11-12,17,19H,4-6,9-10,13-15H2,1-3H3,(H,25,26)(H,27,28). The zero-order chi connectivity index (χ0) is 21.0. The molecule has 3 rings (SSSR count). The molecule has 2 aliphatic carbocycles. The van der Waals surface area contributed by atoms with Gasteiger partial charge in [0, 0.05) is 25.2 Å². The highest BCUT2D eigenvalue weighted by molar-refractivity contribution is 5.88. The van der Waals surface area contributed by atoms with Gasteiger partial charge in [-0.05, 0) is 80.2 Å². The number of rotatable bonds is 7. The molecule has 1 aromatic carbocycles. The van der Waals surface area contributed by atoms with Crippen molar-refractivity contribution >= 4 is 11.9 Å². The van der Waals surface area contributed by atoms with Gasteiger partial charge in [-0.15, -0.1) is 0 Å². The van der Waals surface area contributed by atoms with Gasteiger partial charge in [-0.3, -0.25) is 4.79 Å². The Labute approximate surface area is 173 Å². The smallest absolute Gasteiger partial charge is 0.329 e. The van der Waals surface area contributed by atoms with E-state index >= 15 is 0 Å². The van der Waals surface area contributed by atoms with E-state index in [1.807, 2.05) is 13.0 Å². The van der Waals surface area contributed by atoms with E-state index in [1.54, 1.807) is 7.11 Å². The molecule has 2 fully saturated rings. The molecule has 1 amide bonds. The van der Waals surface area contributed by atoms with Gasteiger partial charge in [0.05, 0.1) is 6.42 Å². The Morgan fingerprint density at radius 1 is 1.31 bits per heavy atom. The number of carbonyl (C=O) groups excluding carboxylic acids is 1. The lowest BCUT2D eigenvalue weighted by Crippen LogP contribution is -2.53. The number of hydrogen-bond acceptors (Lipinski definition) is 3. The Bertz CT molecular complexity index is 846. The largest absolute Gasteiger partial charge is 0.480 e. The minimum atomic E-state index is -1.18. The molecule has 1 aromatic rings. The predicted molar refractivity (Wildman–Crippen MR) is 112 cm³/mol. The topological polar surface area (TPSA) is 75.6 Å². The Hall–Kier alpha value is -2.32. The van der Waals surface area contributed by atoms with Gasteiger partial charge < -0.3 is 15.2 Å². The van der Waals surface area contributed by atoms with Crippen LogP contribution in [0.15, 0.2) is 12.1 Å². The Balaban J connectivity index is 1.74. The van der Waals surface area contributed by atoms with Crippen molar-refractivity contribution in [2.24, 2.45) is 11.8 Å². The van der Waals surface area contributed by atoms with Crippen LogP contribution in [0.25, 0.3) is 0 Å². The highest BCUT2D eigenvalue weighted by Crippen LogP contribution is 2.35. The number of amides is 1. The molecular formula is C24H31NO4. The number of ether oxygens (including phenoxy) is 1. The normalized spacial score (nSPS) is 23.3. The Kier molecular flexibility index (Phi) is 6.64. The van der Waals surface area contributed by atoms with Crippen molar-refractivity contribution in [2.45, 2.75) is 64.3 Å². The number of methoxy groups -OCH3 is 1. The van der Waals surface area contributed by atoms with Crippen LogP contribution in [0.4, 0.5) is 0 Å². The van der Waals surface area contributed by atoms with Crippen molar-refractivity contribution < 1.29 is 19.4 Å². The van der Waals surface area contributed by atoms with E-state index in [-0.39, 0.29) is 18.2 Å². The molecule has 0 bridgehead atoms. The van der Waals surface area contributed by atoms with Gasteiger partial charge in [0.25, 0.3) is 0 Å². The number of carbonyl (C=O) groups is 2. The van der Waals surface area contributed by atoms with Crippen LogP contribution >= 0.6 is 0 Å². The maximum absolute atomic E-state index is 12.8. The van der Waals surface area contributed by atoms with Crippen LogP contribution in [0.5, 0.6) is 0 Å². The molecule has 2 N–H and O–H groups in total. The highest BCUT2D eigenvalue weighted by Gasteiger charge is 2.46. The van der Waals surface area contributed by atoms with Gasteiger partial charge in [-0.25, -0.2) is 4.79 Å². The number of hydrogen-bond donors (Lipinski definition) is 2. The summed E-state index contributed by atoms with van der Waals surface area (Å²) in [5.41, 5.74) is 2.93. The fourth-order valence-corrected chi connectivity index (χ4v) is 4.30. The van der Waals surface area contributed by atoms with E-state index in [1.165, 1.54) is 12.8 Å². The summed E-state index contributed by atoms with van der Waals surface area (Å²) < 4.78 is 5.18. The number of carboxylic acids is 1. The van der Waals surface area contributed by atoms with Crippen molar-refractivity contribution in [3.63, 3.8) is 0 Å². The fourth-order valence-electron chi connectivity index (χ4n) is 4.30. The summed E-state index contributed by atoms with van der Waals surface area (Å²) in [6.45, 7) is 4.59. The summed E-state index contributed by atoms with van der Waals surface area (Å²) in [5.74, 6) is 6.06. The van der Waals surface area contributed by atoms with Gasteiger partial charge in [0.2, 0.25) is 5.91 Å². The minimum absolute atomic E-state index is 0.161. The van der Waals surface area contributed by atoms with E-state index in [2.05, 4.69) is 30.1 Å². The SMILES string of the molecule is CCc1cc(C#CC2CC2)cc(C)c1CC(=O)NC1(C(=O)O)CCC(COC)C1. The molecule has 5 nitrogen and oxygen atoms in total. The molecule has 0 aliphatic heterocycles. The second kappa shape index (κ2) is 9.00. The molecule has 156 valence electrons. The summed E-state index contributed by atoms with van der Waals surface area (Å²) in [5, 5.41) is 12.6. The first-order valence-corrected chi connectivity index (χ1v) is 10.5. The highest BCUT2D eigenvalue weighted by atomic mass is 16.5. The molecule has 0 spiro atoms. The van der Waals surface area contributed by atoms with Crippen LogP contribution in [-0.4, -0.2) is 36.2 Å². The summed E-state index contributed by atoms with van der Waals surface area (Å²) in [7, 11) is 1.62. The maximum atomic E-state index is 12.8. The molecular weight excluding hydrogens is 366 g/mol. The molecule has 2 unspecified atom stereocenters. The van der Waals surface area contributed by atoms with E-state index < -0.39 is 11.5 Å². The van der Waals surface area contributed by atoms with Crippen LogP contribution in [-0.2, 0) is 27.2 Å².